The highest BCUT2D eigenvalue weighted by molar-refractivity contribution is 5.76. The van der Waals surface area contributed by atoms with Crippen molar-refractivity contribution in [2.24, 2.45) is 17.3 Å². The van der Waals surface area contributed by atoms with Crippen molar-refractivity contribution < 1.29 is 14.7 Å². The predicted octanol–water partition coefficient (Wildman–Crippen LogP) is 2.61. The summed E-state index contributed by atoms with van der Waals surface area (Å²) in [6, 6.07) is 0.0367. The topological polar surface area (TPSA) is 78.4 Å². The van der Waals surface area contributed by atoms with E-state index in [9.17, 15) is 14.7 Å². The summed E-state index contributed by atoms with van der Waals surface area (Å²) in [5.41, 5.74) is -0.0655. The molecule has 0 aromatic rings. The molecule has 3 N–H and O–H groups in total. The number of carbonyl (C=O) groups is 2. The minimum atomic E-state index is -0.851. The van der Waals surface area contributed by atoms with E-state index in [4.69, 9.17) is 0 Å². The lowest BCUT2D eigenvalue weighted by atomic mass is 9.84. The summed E-state index contributed by atoms with van der Waals surface area (Å²) < 4.78 is 0. The zero-order valence-corrected chi connectivity index (χ0v) is 13.0. The van der Waals surface area contributed by atoms with Gasteiger partial charge in [0.2, 0.25) is 0 Å². The van der Waals surface area contributed by atoms with E-state index >= 15 is 0 Å². The van der Waals surface area contributed by atoms with Crippen LogP contribution < -0.4 is 10.6 Å². The van der Waals surface area contributed by atoms with Crippen LogP contribution in [-0.4, -0.2) is 29.7 Å². The second-order valence-corrected chi connectivity index (χ2v) is 7.05. The van der Waals surface area contributed by atoms with E-state index in [-0.39, 0.29) is 24.0 Å². The molecule has 1 aliphatic rings. The number of amides is 2. The molecule has 0 heterocycles. The molecule has 1 aliphatic carbocycles. The van der Waals surface area contributed by atoms with Gasteiger partial charge in [-0.15, -0.1) is 0 Å². The van der Waals surface area contributed by atoms with Gasteiger partial charge in [0.15, 0.2) is 0 Å². The number of rotatable bonds is 7. The Bertz CT molecular complexity index is 350. The van der Waals surface area contributed by atoms with E-state index in [2.05, 4.69) is 17.6 Å². The molecule has 3 atom stereocenters. The van der Waals surface area contributed by atoms with Gasteiger partial charge in [-0.25, -0.2) is 4.79 Å². The quantitative estimate of drug-likeness (QED) is 0.672. The molecule has 0 aliphatic heterocycles. The van der Waals surface area contributed by atoms with Crippen LogP contribution in [0, 0.1) is 17.3 Å². The molecule has 1 fully saturated rings. The normalized spacial score (nSPS) is 23.0. The first-order valence-corrected chi connectivity index (χ1v) is 7.50. The fourth-order valence-electron chi connectivity index (χ4n) is 2.54. The summed E-state index contributed by atoms with van der Waals surface area (Å²) in [7, 11) is 0. The Kier molecular flexibility index (Phi) is 5.84. The molecule has 0 saturated heterocycles. The van der Waals surface area contributed by atoms with Gasteiger partial charge in [0.1, 0.15) is 0 Å². The highest BCUT2D eigenvalue weighted by atomic mass is 16.4. The van der Waals surface area contributed by atoms with E-state index in [1.54, 1.807) is 0 Å². The maximum absolute atomic E-state index is 11.7. The van der Waals surface area contributed by atoms with Crippen LogP contribution in [0.1, 0.15) is 53.4 Å². The number of carboxylic acids is 1. The van der Waals surface area contributed by atoms with Gasteiger partial charge in [-0.2, -0.15) is 0 Å². The van der Waals surface area contributed by atoms with E-state index < -0.39 is 11.9 Å². The largest absolute Gasteiger partial charge is 0.481 e. The van der Waals surface area contributed by atoms with Crippen molar-refractivity contribution in [3.63, 3.8) is 0 Å². The van der Waals surface area contributed by atoms with Gasteiger partial charge in [-0.05, 0) is 30.6 Å². The lowest BCUT2D eigenvalue weighted by Gasteiger charge is -2.23. The monoisotopic (exact) mass is 284 g/mol. The fourth-order valence-corrected chi connectivity index (χ4v) is 2.54. The molecule has 0 aromatic carbocycles. The molecule has 5 nitrogen and oxygen atoms in total. The first-order chi connectivity index (χ1) is 9.23. The first kappa shape index (κ1) is 16.8. The van der Waals surface area contributed by atoms with Crippen LogP contribution >= 0.6 is 0 Å². The molecule has 0 bridgehead atoms. The first-order valence-electron chi connectivity index (χ1n) is 7.50. The molecule has 20 heavy (non-hydrogen) atoms. The third-order valence-corrected chi connectivity index (χ3v) is 3.62. The molecular weight excluding hydrogens is 256 g/mol. The van der Waals surface area contributed by atoms with Crippen molar-refractivity contribution in [2.75, 3.05) is 6.54 Å². The standard InChI is InChI=1S/C15H28N2O3/c1-5-6-10-7-12(10)17-14(20)16-9-11(13(18)19)8-15(2,3)4/h10-12H,5-9H2,1-4H3,(H,18,19)(H2,16,17,20). The Hall–Kier alpha value is -1.26. The number of carboxylic acid groups (broad SMARTS) is 1. The average molecular weight is 284 g/mol. The number of hydrogen-bond acceptors (Lipinski definition) is 2. The van der Waals surface area contributed by atoms with Crippen LogP contribution in [0.3, 0.4) is 0 Å². The summed E-state index contributed by atoms with van der Waals surface area (Å²) in [5, 5.41) is 14.8. The number of hydrogen-bond donors (Lipinski definition) is 3. The molecule has 5 heteroatoms. The Morgan fingerprint density at radius 3 is 2.50 bits per heavy atom. The Morgan fingerprint density at radius 1 is 1.35 bits per heavy atom. The van der Waals surface area contributed by atoms with Gasteiger partial charge in [0, 0.05) is 12.6 Å². The minimum Gasteiger partial charge on any atom is -0.481 e. The van der Waals surface area contributed by atoms with Gasteiger partial charge in [-0.1, -0.05) is 34.1 Å². The van der Waals surface area contributed by atoms with Crippen LogP contribution in [-0.2, 0) is 4.79 Å². The van der Waals surface area contributed by atoms with E-state index in [1.807, 2.05) is 20.8 Å². The van der Waals surface area contributed by atoms with Gasteiger partial charge >= 0.3 is 12.0 Å². The maximum atomic E-state index is 11.7. The SMILES string of the molecule is CCCC1CC1NC(=O)NCC(CC(C)(C)C)C(=O)O. The van der Waals surface area contributed by atoms with Gasteiger partial charge < -0.3 is 15.7 Å². The zero-order valence-electron chi connectivity index (χ0n) is 13.0. The van der Waals surface area contributed by atoms with Gasteiger partial charge in [-0.3, -0.25) is 4.79 Å². The number of urea groups is 1. The highest BCUT2D eigenvalue weighted by Gasteiger charge is 2.37. The van der Waals surface area contributed by atoms with Crippen molar-refractivity contribution in [3.05, 3.63) is 0 Å². The third-order valence-electron chi connectivity index (χ3n) is 3.62. The van der Waals surface area contributed by atoms with E-state index in [0.717, 1.165) is 19.3 Å². The van der Waals surface area contributed by atoms with E-state index in [1.165, 1.54) is 0 Å². The van der Waals surface area contributed by atoms with E-state index in [0.29, 0.717) is 12.3 Å². The molecule has 3 unspecified atom stereocenters. The predicted molar refractivity (Wildman–Crippen MR) is 78.5 cm³/mol. The lowest BCUT2D eigenvalue weighted by Crippen LogP contribution is -2.42. The summed E-state index contributed by atoms with van der Waals surface area (Å²) in [5.74, 6) is -0.780. The summed E-state index contributed by atoms with van der Waals surface area (Å²) >= 11 is 0. The second kappa shape index (κ2) is 6.95. The van der Waals surface area contributed by atoms with Crippen LogP contribution in [0.15, 0.2) is 0 Å². The number of nitrogens with one attached hydrogen (secondary N) is 2. The van der Waals surface area contributed by atoms with Gasteiger partial charge in [0.25, 0.3) is 0 Å². The van der Waals surface area contributed by atoms with Crippen molar-refractivity contribution in [2.45, 2.75) is 59.4 Å². The molecule has 1 saturated carbocycles. The molecule has 0 radical (unpaired) electrons. The lowest BCUT2D eigenvalue weighted by molar-refractivity contribution is -0.142. The van der Waals surface area contributed by atoms with Gasteiger partial charge in [0.05, 0.1) is 5.92 Å². The second-order valence-electron chi connectivity index (χ2n) is 7.05. The van der Waals surface area contributed by atoms with Crippen molar-refractivity contribution in [1.29, 1.82) is 0 Å². The molecule has 116 valence electrons. The summed E-state index contributed by atoms with van der Waals surface area (Å²) in [6.45, 7) is 8.33. The highest BCUT2D eigenvalue weighted by Crippen LogP contribution is 2.34. The molecule has 0 spiro atoms. The molecule has 2 amide bonds. The van der Waals surface area contributed by atoms with Crippen molar-refractivity contribution >= 4 is 12.0 Å². The van der Waals surface area contributed by atoms with Crippen LogP contribution in [0.5, 0.6) is 0 Å². The smallest absolute Gasteiger partial charge is 0.315 e. The van der Waals surface area contributed by atoms with Crippen LogP contribution in [0.2, 0.25) is 0 Å². The fraction of sp³-hybridized carbons (Fsp3) is 0.867. The number of aliphatic carboxylic acids is 1. The van der Waals surface area contributed by atoms with Crippen LogP contribution in [0.25, 0.3) is 0 Å². The molecule has 0 aromatic heterocycles. The summed E-state index contributed by atoms with van der Waals surface area (Å²) in [6.07, 6.45) is 3.87. The third kappa shape index (κ3) is 6.26. The Morgan fingerprint density at radius 2 is 2.00 bits per heavy atom. The summed E-state index contributed by atoms with van der Waals surface area (Å²) in [4.78, 5) is 22.9. The molecule has 1 rings (SSSR count). The zero-order chi connectivity index (χ0) is 15.3. The molecular formula is C15H28N2O3. The number of carbonyl (C=O) groups excluding carboxylic acids is 1. The Balaban J connectivity index is 2.29. The van der Waals surface area contributed by atoms with Crippen LogP contribution in [0.4, 0.5) is 4.79 Å². The van der Waals surface area contributed by atoms with Crippen molar-refractivity contribution in [3.8, 4) is 0 Å². The average Bonchev–Trinajstić information content (AvgIpc) is 3.01. The Labute approximate surface area is 121 Å². The van der Waals surface area contributed by atoms with Crippen molar-refractivity contribution in [1.82, 2.24) is 10.6 Å². The maximum Gasteiger partial charge on any atom is 0.315 e. The minimum absolute atomic E-state index is 0.0655.